The van der Waals surface area contributed by atoms with Gasteiger partial charge in [-0.2, -0.15) is 0 Å². The maximum atomic E-state index is 13.4. The lowest BCUT2D eigenvalue weighted by molar-refractivity contribution is 0.0504. The molecular weight excluding hydrogens is 357 g/mol. The lowest BCUT2D eigenvalue weighted by atomic mass is 10.2. The zero-order valence-electron chi connectivity index (χ0n) is 12.9. The van der Waals surface area contributed by atoms with E-state index < -0.39 is 23.6 Å². The van der Waals surface area contributed by atoms with Crippen LogP contribution in [0.2, 0.25) is 0 Å². The van der Waals surface area contributed by atoms with Crippen LogP contribution in [0.5, 0.6) is 5.75 Å². The van der Waals surface area contributed by atoms with E-state index in [-0.39, 0.29) is 22.3 Å². The number of hydrogen-bond donors (Lipinski definition) is 1. The maximum Gasteiger partial charge on any atom is 0.407 e. The Morgan fingerprint density at radius 3 is 2.64 bits per heavy atom. The zero-order chi connectivity index (χ0) is 16.9. The highest BCUT2D eigenvalue weighted by molar-refractivity contribution is 9.10. The van der Waals surface area contributed by atoms with Crippen molar-refractivity contribution in [3.05, 3.63) is 28.0 Å². The number of ether oxygens (including phenoxy) is 2. The Kier molecular flexibility index (Phi) is 6.34. The van der Waals surface area contributed by atoms with Crippen molar-refractivity contribution in [2.24, 2.45) is 0 Å². The van der Waals surface area contributed by atoms with Gasteiger partial charge in [-0.05, 0) is 55.8 Å². The summed E-state index contributed by atoms with van der Waals surface area (Å²) in [6.45, 7) is 7.18. The summed E-state index contributed by atoms with van der Waals surface area (Å²) in [5, 5.41) is 2.56. The van der Waals surface area contributed by atoms with E-state index in [0.717, 1.165) is 0 Å². The second kappa shape index (κ2) is 7.58. The normalized spacial score (nSPS) is 12.5. The molecule has 0 radical (unpaired) electrons. The molecule has 1 atom stereocenters. The Morgan fingerprint density at radius 2 is 2.09 bits per heavy atom. The second-order valence-corrected chi connectivity index (χ2v) is 6.50. The first-order chi connectivity index (χ1) is 10.1. The number of carbonyl (C=O) groups excluding carboxylic acids is 2. The fourth-order valence-electron chi connectivity index (χ4n) is 1.56. The van der Waals surface area contributed by atoms with Crippen molar-refractivity contribution in [3.63, 3.8) is 0 Å². The summed E-state index contributed by atoms with van der Waals surface area (Å²) < 4.78 is 24.1. The van der Waals surface area contributed by atoms with E-state index >= 15 is 0 Å². The van der Waals surface area contributed by atoms with Gasteiger partial charge in [0.05, 0.1) is 16.6 Å². The maximum absolute atomic E-state index is 13.4. The molecule has 7 heteroatoms. The van der Waals surface area contributed by atoms with E-state index in [9.17, 15) is 14.0 Å². The Balaban J connectivity index is 2.63. The van der Waals surface area contributed by atoms with Gasteiger partial charge in [0.1, 0.15) is 23.3 Å². The van der Waals surface area contributed by atoms with Gasteiger partial charge < -0.3 is 14.8 Å². The minimum Gasteiger partial charge on any atom is -0.488 e. The monoisotopic (exact) mass is 375 g/mol. The van der Waals surface area contributed by atoms with Crippen molar-refractivity contribution in [1.82, 2.24) is 5.32 Å². The van der Waals surface area contributed by atoms with E-state index in [2.05, 4.69) is 21.2 Å². The largest absolute Gasteiger partial charge is 0.488 e. The van der Waals surface area contributed by atoms with Gasteiger partial charge in [-0.1, -0.05) is 0 Å². The average Bonchev–Trinajstić information content (AvgIpc) is 2.39. The Hall–Kier alpha value is -1.63. The molecule has 0 saturated heterocycles. The predicted octanol–water partition coefficient (Wildman–Crippen LogP) is 3.69. The van der Waals surface area contributed by atoms with E-state index in [1.807, 2.05) is 0 Å². The van der Waals surface area contributed by atoms with Crippen LogP contribution >= 0.6 is 15.9 Å². The minimum absolute atomic E-state index is 0.0484. The topological polar surface area (TPSA) is 64.6 Å². The lowest BCUT2D eigenvalue weighted by Gasteiger charge is -2.21. The molecule has 0 aliphatic rings. The first kappa shape index (κ1) is 18.4. The molecule has 0 saturated carbocycles. The van der Waals surface area contributed by atoms with Crippen molar-refractivity contribution < 1.29 is 23.5 Å². The molecule has 1 N–H and O–H groups in total. The number of nitrogens with one attached hydrogen (secondary N) is 1. The summed E-state index contributed by atoms with van der Waals surface area (Å²) in [7, 11) is 0. The molecule has 0 heterocycles. The quantitative estimate of drug-likeness (QED) is 0.797. The molecule has 122 valence electrons. The molecule has 1 aromatic carbocycles. The summed E-state index contributed by atoms with van der Waals surface area (Å²) in [4.78, 5) is 22.6. The van der Waals surface area contributed by atoms with Crippen molar-refractivity contribution >= 4 is 28.3 Å². The van der Waals surface area contributed by atoms with Crippen LogP contribution in [-0.4, -0.2) is 30.6 Å². The summed E-state index contributed by atoms with van der Waals surface area (Å²) in [6.07, 6.45) is -0.473. The summed E-state index contributed by atoms with van der Waals surface area (Å²) in [5.74, 6) is -0.309. The Morgan fingerprint density at radius 1 is 1.45 bits per heavy atom. The van der Waals surface area contributed by atoms with Gasteiger partial charge in [-0.3, -0.25) is 4.79 Å². The smallest absolute Gasteiger partial charge is 0.407 e. The molecule has 5 nitrogen and oxygen atoms in total. The minimum atomic E-state index is -0.583. The number of carbonyl (C=O) groups is 2. The van der Waals surface area contributed by atoms with Crippen LogP contribution in [0, 0.1) is 5.82 Å². The number of amides is 1. The van der Waals surface area contributed by atoms with Gasteiger partial charge in [0.2, 0.25) is 0 Å². The number of hydrogen-bond acceptors (Lipinski definition) is 4. The fraction of sp³-hybridized carbons (Fsp3) is 0.467. The molecule has 0 fully saturated rings. The first-order valence-corrected chi connectivity index (χ1v) is 7.50. The highest BCUT2D eigenvalue weighted by Gasteiger charge is 2.18. The van der Waals surface area contributed by atoms with Crippen LogP contribution in [0.4, 0.5) is 9.18 Å². The second-order valence-electron chi connectivity index (χ2n) is 5.70. The molecule has 0 bridgehead atoms. The van der Waals surface area contributed by atoms with Crippen LogP contribution in [-0.2, 0) is 4.74 Å². The highest BCUT2D eigenvalue weighted by atomic mass is 79.9. The van der Waals surface area contributed by atoms with E-state index in [4.69, 9.17) is 9.47 Å². The number of aldehydes is 1. The van der Waals surface area contributed by atoms with Gasteiger partial charge >= 0.3 is 6.09 Å². The van der Waals surface area contributed by atoms with Crippen LogP contribution in [0.25, 0.3) is 0 Å². The molecule has 22 heavy (non-hydrogen) atoms. The van der Waals surface area contributed by atoms with Crippen LogP contribution in [0.1, 0.15) is 38.1 Å². The lowest BCUT2D eigenvalue weighted by Crippen LogP contribution is -2.37. The Labute approximate surface area is 137 Å². The molecule has 1 unspecified atom stereocenters. The summed E-state index contributed by atoms with van der Waals surface area (Å²) >= 11 is 3.00. The van der Waals surface area contributed by atoms with Crippen molar-refractivity contribution in [2.45, 2.75) is 39.4 Å². The van der Waals surface area contributed by atoms with Gasteiger partial charge in [0.25, 0.3) is 0 Å². The van der Waals surface area contributed by atoms with Gasteiger partial charge in [0.15, 0.2) is 6.29 Å². The average molecular weight is 376 g/mol. The van der Waals surface area contributed by atoms with E-state index in [1.165, 1.54) is 12.1 Å². The molecule has 0 aromatic heterocycles. The van der Waals surface area contributed by atoms with Gasteiger partial charge in [0, 0.05) is 0 Å². The molecule has 0 aliphatic heterocycles. The first-order valence-electron chi connectivity index (χ1n) is 6.70. The fourth-order valence-corrected chi connectivity index (χ4v) is 1.98. The van der Waals surface area contributed by atoms with Crippen molar-refractivity contribution in [2.75, 3.05) is 6.54 Å². The molecular formula is C15H19BrFNO4. The third kappa shape index (κ3) is 5.63. The molecule has 1 amide bonds. The number of alkyl carbamates (subject to hydrolysis) is 1. The van der Waals surface area contributed by atoms with Crippen LogP contribution in [0.3, 0.4) is 0 Å². The SMILES string of the molecule is CC(CNC(=O)OC(C)(C)C)Oc1ccc(F)c(Br)c1C=O. The van der Waals surface area contributed by atoms with Gasteiger partial charge in [-0.25, -0.2) is 9.18 Å². The summed E-state index contributed by atoms with van der Waals surface area (Å²) in [6, 6.07) is 2.56. The van der Waals surface area contributed by atoms with E-state index in [0.29, 0.717) is 6.29 Å². The summed E-state index contributed by atoms with van der Waals surface area (Å²) in [5.41, 5.74) is -0.496. The van der Waals surface area contributed by atoms with Crippen LogP contribution in [0.15, 0.2) is 16.6 Å². The molecule has 0 aliphatic carbocycles. The highest BCUT2D eigenvalue weighted by Crippen LogP contribution is 2.28. The predicted molar refractivity (Wildman–Crippen MR) is 83.8 cm³/mol. The number of halogens is 2. The zero-order valence-corrected chi connectivity index (χ0v) is 14.5. The van der Waals surface area contributed by atoms with Crippen LogP contribution < -0.4 is 10.1 Å². The number of rotatable bonds is 5. The van der Waals surface area contributed by atoms with E-state index in [1.54, 1.807) is 27.7 Å². The van der Waals surface area contributed by atoms with Crippen molar-refractivity contribution in [3.8, 4) is 5.75 Å². The third-order valence-electron chi connectivity index (χ3n) is 2.47. The van der Waals surface area contributed by atoms with Crippen molar-refractivity contribution in [1.29, 1.82) is 0 Å². The standard InChI is InChI=1S/C15H19BrFNO4/c1-9(7-18-14(20)22-15(2,3)4)21-12-6-5-11(17)13(16)10(12)8-19/h5-6,8-9H,7H2,1-4H3,(H,18,20). The molecule has 1 rings (SSSR count). The Bertz CT molecular complexity index is 557. The number of benzene rings is 1. The third-order valence-corrected chi connectivity index (χ3v) is 3.28. The van der Waals surface area contributed by atoms with Gasteiger partial charge in [-0.15, -0.1) is 0 Å². The molecule has 1 aromatic rings. The molecule has 0 spiro atoms.